The predicted molar refractivity (Wildman–Crippen MR) is 110 cm³/mol. The van der Waals surface area contributed by atoms with Crippen molar-refractivity contribution in [1.82, 2.24) is 4.90 Å². The Hall–Kier alpha value is -3.34. The van der Waals surface area contributed by atoms with Gasteiger partial charge in [-0.2, -0.15) is 0 Å². The molecule has 28 heavy (non-hydrogen) atoms. The molecule has 2 amide bonds. The minimum absolute atomic E-state index is 0.110. The maximum atomic E-state index is 12.9. The third-order valence-corrected chi connectivity index (χ3v) is 4.92. The van der Waals surface area contributed by atoms with Crippen LogP contribution in [0.5, 0.6) is 5.75 Å². The number of nitrogens with zero attached hydrogens (tertiary/aromatic N) is 1. The lowest BCUT2D eigenvalue weighted by Crippen LogP contribution is -2.43. The van der Waals surface area contributed by atoms with Gasteiger partial charge in [0.15, 0.2) is 0 Å². The number of carbonyl (C=O) groups is 2. The van der Waals surface area contributed by atoms with Crippen LogP contribution in [0.2, 0.25) is 0 Å². The molecule has 0 radical (unpaired) electrons. The third kappa shape index (κ3) is 3.31. The third-order valence-electron chi connectivity index (χ3n) is 4.92. The molecule has 0 atom stereocenters. The standard InChI is InChI=1S/C23H22N2O3/c1-2-3-14-28-18-12-10-17(11-13-18)24-15-25-22(26)19-8-4-6-16-7-5-9-20(21(16)19)23(25)27/h4-13,24H,2-3,14-15H2,1H3. The van der Waals surface area contributed by atoms with Gasteiger partial charge in [-0.1, -0.05) is 37.6 Å². The van der Waals surface area contributed by atoms with Gasteiger partial charge in [0.1, 0.15) is 5.75 Å². The summed E-state index contributed by atoms with van der Waals surface area (Å²) in [4.78, 5) is 27.0. The van der Waals surface area contributed by atoms with Crippen molar-refractivity contribution in [3.8, 4) is 5.75 Å². The molecule has 4 rings (SSSR count). The van der Waals surface area contributed by atoms with E-state index in [2.05, 4.69) is 12.2 Å². The van der Waals surface area contributed by atoms with Crippen LogP contribution in [0.1, 0.15) is 40.5 Å². The fourth-order valence-corrected chi connectivity index (χ4v) is 3.40. The molecule has 0 saturated carbocycles. The molecule has 0 unspecified atom stereocenters. The van der Waals surface area contributed by atoms with Crippen molar-refractivity contribution in [3.05, 3.63) is 71.8 Å². The second kappa shape index (κ2) is 7.72. The Morgan fingerprint density at radius 1 is 0.893 bits per heavy atom. The first-order valence-electron chi connectivity index (χ1n) is 9.53. The molecule has 0 fully saturated rings. The predicted octanol–water partition coefficient (Wildman–Crippen LogP) is 4.68. The summed E-state index contributed by atoms with van der Waals surface area (Å²) in [6.45, 7) is 2.93. The van der Waals surface area contributed by atoms with Gasteiger partial charge < -0.3 is 10.1 Å². The Kier molecular flexibility index (Phi) is 4.98. The summed E-state index contributed by atoms with van der Waals surface area (Å²) in [6, 6.07) is 18.6. The van der Waals surface area contributed by atoms with E-state index in [9.17, 15) is 9.59 Å². The number of hydrogen-bond acceptors (Lipinski definition) is 4. The molecule has 1 heterocycles. The van der Waals surface area contributed by atoms with E-state index < -0.39 is 0 Å². The largest absolute Gasteiger partial charge is 0.494 e. The van der Waals surface area contributed by atoms with Crippen LogP contribution >= 0.6 is 0 Å². The summed E-state index contributed by atoms with van der Waals surface area (Å²) in [5.74, 6) is 0.257. The molecule has 142 valence electrons. The molecule has 3 aromatic carbocycles. The van der Waals surface area contributed by atoms with Gasteiger partial charge in [-0.25, -0.2) is 0 Å². The van der Waals surface area contributed by atoms with Crippen molar-refractivity contribution in [2.75, 3.05) is 18.6 Å². The lowest BCUT2D eigenvalue weighted by atomic mass is 9.94. The highest BCUT2D eigenvalue weighted by Crippen LogP contribution is 2.30. The number of unbranched alkanes of at least 4 members (excludes halogenated alkanes) is 1. The zero-order valence-corrected chi connectivity index (χ0v) is 15.8. The van der Waals surface area contributed by atoms with Crippen LogP contribution in [0.4, 0.5) is 5.69 Å². The molecule has 0 aliphatic carbocycles. The SMILES string of the molecule is CCCCOc1ccc(NCN2C(=O)c3cccc4cccc(c34)C2=O)cc1. The van der Waals surface area contributed by atoms with E-state index in [0.717, 1.165) is 35.1 Å². The highest BCUT2D eigenvalue weighted by atomic mass is 16.5. The van der Waals surface area contributed by atoms with Gasteiger partial charge in [-0.05, 0) is 48.2 Å². The van der Waals surface area contributed by atoms with Crippen LogP contribution in [0.3, 0.4) is 0 Å². The number of carbonyl (C=O) groups excluding carboxylic acids is 2. The van der Waals surface area contributed by atoms with Gasteiger partial charge in [0.05, 0.1) is 13.3 Å². The van der Waals surface area contributed by atoms with Crippen LogP contribution in [0, 0.1) is 0 Å². The van der Waals surface area contributed by atoms with Crippen LogP contribution in [0.25, 0.3) is 10.8 Å². The van der Waals surface area contributed by atoms with Gasteiger partial charge in [-0.15, -0.1) is 0 Å². The Morgan fingerprint density at radius 2 is 1.54 bits per heavy atom. The summed E-state index contributed by atoms with van der Waals surface area (Å²) in [5, 5.41) is 4.81. The monoisotopic (exact) mass is 374 g/mol. The van der Waals surface area contributed by atoms with Crippen molar-refractivity contribution in [2.24, 2.45) is 0 Å². The first-order chi connectivity index (χ1) is 13.7. The average Bonchev–Trinajstić information content (AvgIpc) is 2.73. The maximum Gasteiger partial charge on any atom is 0.262 e. The first kappa shape index (κ1) is 18.0. The summed E-state index contributed by atoms with van der Waals surface area (Å²) in [6.07, 6.45) is 2.11. The molecule has 0 spiro atoms. The molecule has 0 aromatic heterocycles. The Labute approximate surface area is 163 Å². The number of hydrogen-bond donors (Lipinski definition) is 1. The van der Waals surface area contributed by atoms with E-state index >= 15 is 0 Å². The molecule has 1 aliphatic heterocycles. The van der Waals surface area contributed by atoms with Crippen molar-refractivity contribution in [2.45, 2.75) is 19.8 Å². The van der Waals surface area contributed by atoms with Crippen molar-refractivity contribution in [1.29, 1.82) is 0 Å². The fourth-order valence-electron chi connectivity index (χ4n) is 3.40. The first-order valence-corrected chi connectivity index (χ1v) is 9.53. The smallest absolute Gasteiger partial charge is 0.262 e. The van der Waals surface area contributed by atoms with E-state index in [0.29, 0.717) is 17.7 Å². The summed E-state index contributed by atoms with van der Waals surface area (Å²) in [7, 11) is 0. The van der Waals surface area contributed by atoms with E-state index in [1.54, 1.807) is 12.1 Å². The lowest BCUT2D eigenvalue weighted by Gasteiger charge is -2.27. The Balaban J connectivity index is 1.49. The van der Waals surface area contributed by atoms with Gasteiger partial charge in [0.2, 0.25) is 0 Å². The van der Waals surface area contributed by atoms with Crippen molar-refractivity contribution in [3.63, 3.8) is 0 Å². The molecule has 1 N–H and O–H groups in total. The van der Waals surface area contributed by atoms with Gasteiger partial charge in [0.25, 0.3) is 11.8 Å². The number of ether oxygens (including phenoxy) is 1. The van der Waals surface area contributed by atoms with Gasteiger partial charge in [0, 0.05) is 22.2 Å². The molecular weight excluding hydrogens is 352 g/mol. The number of anilines is 1. The van der Waals surface area contributed by atoms with Crippen LogP contribution in [-0.4, -0.2) is 30.0 Å². The molecule has 5 heteroatoms. The van der Waals surface area contributed by atoms with Crippen LogP contribution < -0.4 is 10.1 Å². The van der Waals surface area contributed by atoms with E-state index in [4.69, 9.17) is 4.74 Å². The van der Waals surface area contributed by atoms with Gasteiger partial charge >= 0.3 is 0 Å². The second-order valence-corrected chi connectivity index (χ2v) is 6.81. The molecule has 0 saturated heterocycles. The quantitative estimate of drug-likeness (QED) is 0.482. The van der Waals surface area contributed by atoms with Crippen LogP contribution in [0.15, 0.2) is 60.7 Å². The number of amides is 2. The normalized spacial score (nSPS) is 13.1. The molecule has 3 aromatic rings. The van der Waals surface area contributed by atoms with Gasteiger partial charge in [-0.3, -0.25) is 14.5 Å². The molecule has 0 bridgehead atoms. The number of nitrogens with one attached hydrogen (secondary N) is 1. The lowest BCUT2D eigenvalue weighted by molar-refractivity contribution is 0.0622. The summed E-state index contributed by atoms with van der Waals surface area (Å²) < 4.78 is 5.65. The zero-order valence-electron chi connectivity index (χ0n) is 15.8. The maximum absolute atomic E-state index is 12.9. The van der Waals surface area contributed by atoms with Crippen LogP contribution in [-0.2, 0) is 0 Å². The van der Waals surface area contributed by atoms with E-state index in [-0.39, 0.29) is 18.5 Å². The minimum atomic E-state index is -0.277. The number of imide groups is 1. The summed E-state index contributed by atoms with van der Waals surface area (Å²) in [5.41, 5.74) is 1.95. The van der Waals surface area contributed by atoms with Crippen molar-refractivity contribution < 1.29 is 14.3 Å². The topological polar surface area (TPSA) is 58.6 Å². The Bertz CT molecular complexity index is 977. The Morgan fingerprint density at radius 3 is 2.14 bits per heavy atom. The summed E-state index contributed by atoms with van der Waals surface area (Å²) >= 11 is 0. The molecule has 1 aliphatic rings. The average molecular weight is 374 g/mol. The molecule has 5 nitrogen and oxygen atoms in total. The van der Waals surface area contributed by atoms with E-state index in [1.807, 2.05) is 48.5 Å². The highest BCUT2D eigenvalue weighted by molar-refractivity contribution is 6.25. The highest BCUT2D eigenvalue weighted by Gasteiger charge is 2.32. The number of benzene rings is 3. The number of rotatable bonds is 7. The molecular formula is C23H22N2O3. The second-order valence-electron chi connectivity index (χ2n) is 6.81. The fraction of sp³-hybridized carbons (Fsp3) is 0.217. The minimum Gasteiger partial charge on any atom is -0.494 e. The van der Waals surface area contributed by atoms with Crippen molar-refractivity contribution >= 4 is 28.3 Å². The zero-order chi connectivity index (χ0) is 19.5. The van der Waals surface area contributed by atoms with E-state index in [1.165, 1.54) is 4.90 Å².